The molecular formula is C9H17N5. The highest BCUT2D eigenvalue weighted by atomic mass is 15.3. The Bertz CT molecular complexity index is 287. The molecule has 0 fully saturated rings. The zero-order chi connectivity index (χ0) is 10.4. The van der Waals surface area contributed by atoms with Gasteiger partial charge in [-0.2, -0.15) is 0 Å². The number of nitrogens with zero attached hydrogens (tertiary/aromatic N) is 2. The van der Waals surface area contributed by atoms with E-state index in [1.807, 2.05) is 6.92 Å². The lowest BCUT2D eigenvalue weighted by Crippen LogP contribution is -2.11. The van der Waals surface area contributed by atoms with Crippen molar-refractivity contribution in [1.82, 2.24) is 9.97 Å². The monoisotopic (exact) mass is 195 g/mol. The largest absolute Gasteiger partial charge is 0.370 e. The van der Waals surface area contributed by atoms with Crippen LogP contribution in [0, 0.1) is 6.92 Å². The van der Waals surface area contributed by atoms with Crippen molar-refractivity contribution in [1.29, 1.82) is 0 Å². The number of nitrogen functional groups attached to an aromatic ring is 1. The van der Waals surface area contributed by atoms with E-state index in [0.29, 0.717) is 11.6 Å². The van der Waals surface area contributed by atoms with Crippen molar-refractivity contribution in [2.75, 3.05) is 17.3 Å². The minimum absolute atomic E-state index is 0.636. The number of hydrazine groups is 1. The van der Waals surface area contributed by atoms with Crippen LogP contribution < -0.4 is 16.6 Å². The number of anilines is 2. The van der Waals surface area contributed by atoms with E-state index in [1.165, 1.54) is 6.42 Å². The Kier molecular flexibility index (Phi) is 4.12. The van der Waals surface area contributed by atoms with Crippen LogP contribution in [0.3, 0.4) is 0 Å². The summed E-state index contributed by atoms with van der Waals surface area (Å²) >= 11 is 0. The average Bonchev–Trinajstić information content (AvgIpc) is 2.17. The zero-order valence-electron chi connectivity index (χ0n) is 8.67. The molecule has 14 heavy (non-hydrogen) atoms. The highest BCUT2D eigenvalue weighted by Gasteiger charge is 1.99. The van der Waals surface area contributed by atoms with E-state index in [1.54, 1.807) is 6.07 Å². The van der Waals surface area contributed by atoms with Crippen LogP contribution in [0.4, 0.5) is 11.6 Å². The minimum atomic E-state index is 0.636. The highest BCUT2D eigenvalue weighted by molar-refractivity contribution is 5.46. The molecule has 0 radical (unpaired) electrons. The van der Waals surface area contributed by atoms with Gasteiger partial charge in [0.2, 0.25) is 0 Å². The molecule has 0 atom stereocenters. The fourth-order valence-corrected chi connectivity index (χ4v) is 1.13. The number of nitrogens with two attached hydrogens (primary N) is 1. The summed E-state index contributed by atoms with van der Waals surface area (Å²) < 4.78 is 0. The molecule has 0 aromatic carbocycles. The van der Waals surface area contributed by atoms with Gasteiger partial charge in [-0.3, -0.25) is 0 Å². The maximum Gasteiger partial charge on any atom is 0.145 e. The number of rotatable bonds is 5. The van der Waals surface area contributed by atoms with E-state index in [9.17, 15) is 0 Å². The van der Waals surface area contributed by atoms with Gasteiger partial charge >= 0.3 is 0 Å². The van der Waals surface area contributed by atoms with Gasteiger partial charge in [0.05, 0.1) is 0 Å². The van der Waals surface area contributed by atoms with Crippen LogP contribution in [-0.2, 0) is 0 Å². The van der Waals surface area contributed by atoms with E-state index >= 15 is 0 Å². The lowest BCUT2D eigenvalue weighted by Gasteiger charge is -2.07. The van der Waals surface area contributed by atoms with Crippen molar-refractivity contribution in [2.24, 2.45) is 5.84 Å². The fraction of sp³-hybridized carbons (Fsp3) is 0.556. The Morgan fingerprint density at radius 3 is 2.71 bits per heavy atom. The molecule has 0 bridgehead atoms. The standard InChI is InChI=1S/C9H17N5/c1-3-4-5-11-8-6-9(14-10)13-7(2)12-8/h6H,3-5,10H2,1-2H3,(H2,11,12,13,14). The first-order valence-corrected chi connectivity index (χ1v) is 4.82. The molecule has 0 aliphatic rings. The van der Waals surface area contributed by atoms with Crippen molar-refractivity contribution >= 4 is 11.6 Å². The number of aryl methyl sites for hydroxylation is 1. The summed E-state index contributed by atoms with van der Waals surface area (Å²) in [6.45, 7) is 4.92. The van der Waals surface area contributed by atoms with Crippen LogP contribution in [0.2, 0.25) is 0 Å². The number of unbranched alkanes of at least 4 members (excludes halogenated alkanes) is 1. The molecule has 1 aromatic rings. The summed E-state index contributed by atoms with van der Waals surface area (Å²) in [5, 5.41) is 3.21. The summed E-state index contributed by atoms with van der Waals surface area (Å²) in [7, 11) is 0. The molecule has 0 saturated heterocycles. The summed E-state index contributed by atoms with van der Waals surface area (Å²) in [5.74, 6) is 7.44. The van der Waals surface area contributed by atoms with Gasteiger partial charge in [0.15, 0.2) is 0 Å². The maximum absolute atomic E-state index is 5.27. The van der Waals surface area contributed by atoms with Gasteiger partial charge in [-0.05, 0) is 13.3 Å². The predicted octanol–water partition coefficient (Wildman–Crippen LogP) is 1.28. The van der Waals surface area contributed by atoms with Gasteiger partial charge in [-0.15, -0.1) is 0 Å². The van der Waals surface area contributed by atoms with Crippen molar-refractivity contribution in [3.05, 3.63) is 11.9 Å². The normalized spacial score (nSPS) is 9.93. The third kappa shape index (κ3) is 3.18. The Balaban J connectivity index is 2.62. The van der Waals surface area contributed by atoms with Crippen molar-refractivity contribution < 1.29 is 0 Å². The first kappa shape index (κ1) is 10.7. The van der Waals surface area contributed by atoms with E-state index < -0.39 is 0 Å². The molecular weight excluding hydrogens is 178 g/mol. The molecule has 0 spiro atoms. The summed E-state index contributed by atoms with van der Waals surface area (Å²) in [4.78, 5) is 8.33. The summed E-state index contributed by atoms with van der Waals surface area (Å²) in [6.07, 6.45) is 2.30. The van der Waals surface area contributed by atoms with E-state index in [0.717, 1.165) is 18.8 Å². The molecule has 5 heteroatoms. The Morgan fingerprint density at radius 1 is 1.36 bits per heavy atom. The second-order valence-corrected chi connectivity index (χ2v) is 3.11. The van der Waals surface area contributed by atoms with Gasteiger partial charge in [0.1, 0.15) is 17.5 Å². The minimum Gasteiger partial charge on any atom is -0.370 e. The van der Waals surface area contributed by atoms with Crippen LogP contribution >= 0.6 is 0 Å². The Labute approximate surface area is 84.1 Å². The molecule has 1 aromatic heterocycles. The fourth-order valence-electron chi connectivity index (χ4n) is 1.13. The smallest absolute Gasteiger partial charge is 0.145 e. The quantitative estimate of drug-likeness (QED) is 0.375. The van der Waals surface area contributed by atoms with Gasteiger partial charge < -0.3 is 10.7 Å². The molecule has 0 amide bonds. The second-order valence-electron chi connectivity index (χ2n) is 3.11. The lowest BCUT2D eigenvalue weighted by atomic mass is 10.3. The van der Waals surface area contributed by atoms with Crippen LogP contribution in [0.1, 0.15) is 25.6 Å². The number of nitrogens with one attached hydrogen (secondary N) is 2. The lowest BCUT2D eigenvalue weighted by molar-refractivity contribution is 0.829. The van der Waals surface area contributed by atoms with Gasteiger partial charge in [0, 0.05) is 12.6 Å². The molecule has 1 heterocycles. The molecule has 5 nitrogen and oxygen atoms in total. The molecule has 4 N–H and O–H groups in total. The van der Waals surface area contributed by atoms with Crippen molar-refractivity contribution in [3.8, 4) is 0 Å². The predicted molar refractivity (Wildman–Crippen MR) is 58.0 cm³/mol. The average molecular weight is 195 g/mol. The van der Waals surface area contributed by atoms with Crippen LogP contribution in [0.15, 0.2) is 6.07 Å². The molecule has 0 unspecified atom stereocenters. The van der Waals surface area contributed by atoms with Gasteiger partial charge in [-0.1, -0.05) is 13.3 Å². The van der Waals surface area contributed by atoms with E-state index in [2.05, 4.69) is 27.6 Å². The second kappa shape index (κ2) is 5.39. The van der Waals surface area contributed by atoms with Crippen molar-refractivity contribution in [3.63, 3.8) is 0 Å². The van der Waals surface area contributed by atoms with Crippen LogP contribution in [-0.4, -0.2) is 16.5 Å². The maximum atomic E-state index is 5.27. The third-order valence-corrected chi connectivity index (χ3v) is 1.82. The summed E-state index contributed by atoms with van der Waals surface area (Å²) in [5.41, 5.74) is 2.51. The van der Waals surface area contributed by atoms with Crippen LogP contribution in [0.5, 0.6) is 0 Å². The number of aromatic nitrogens is 2. The SMILES string of the molecule is CCCCNc1cc(NN)nc(C)n1. The molecule has 0 aliphatic carbocycles. The van der Waals surface area contributed by atoms with E-state index in [-0.39, 0.29) is 0 Å². The van der Waals surface area contributed by atoms with Gasteiger partial charge in [0.25, 0.3) is 0 Å². The molecule has 0 saturated carbocycles. The number of hydrogen-bond acceptors (Lipinski definition) is 5. The van der Waals surface area contributed by atoms with Crippen molar-refractivity contribution in [2.45, 2.75) is 26.7 Å². The highest BCUT2D eigenvalue weighted by Crippen LogP contribution is 2.09. The molecule has 1 rings (SSSR count). The zero-order valence-corrected chi connectivity index (χ0v) is 8.67. The van der Waals surface area contributed by atoms with E-state index in [4.69, 9.17) is 5.84 Å². The first-order chi connectivity index (χ1) is 6.76. The Morgan fingerprint density at radius 2 is 2.07 bits per heavy atom. The molecule has 0 aliphatic heterocycles. The Hall–Kier alpha value is -1.36. The topological polar surface area (TPSA) is 75.9 Å². The number of hydrogen-bond donors (Lipinski definition) is 3. The van der Waals surface area contributed by atoms with Gasteiger partial charge in [-0.25, -0.2) is 15.8 Å². The summed E-state index contributed by atoms with van der Waals surface area (Å²) in [6, 6.07) is 1.79. The molecule has 78 valence electrons. The van der Waals surface area contributed by atoms with Crippen LogP contribution in [0.25, 0.3) is 0 Å². The third-order valence-electron chi connectivity index (χ3n) is 1.82. The first-order valence-electron chi connectivity index (χ1n) is 4.82.